The normalized spacial score (nSPS) is 14.1. The summed E-state index contributed by atoms with van der Waals surface area (Å²) in [6.45, 7) is 2.14. The van der Waals surface area contributed by atoms with E-state index in [-0.39, 0.29) is 12.5 Å². The summed E-state index contributed by atoms with van der Waals surface area (Å²) in [6, 6.07) is 3.29. The molecule has 6 heteroatoms. The van der Waals surface area contributed by atoms with Crippen LogP contribution in [-0.4, -0.2) is 17.6 Å². The molecule has 112 valence electrons. The number of hydrogen-bond donors (Lipinski definition) is 2. The zero-order valence-corrected chi connectivity index (χ0v) is 13.5. The van der Waals surface area contributed by atoms with Crippen molar-refractivity contribution in [3.8, 4) is 0 Å². The van der Waals surface area contributed by atoms with E-state index >= 15 is 0 Å². The number of carboxylic acids is 1. The first kappa shape index (κ1) is 17.6. The van der Waals surface area contributed by atoms with E-state index in [0.717, 1.165) is 12.0 Å². The number of carbonyl (C=O) groups is 1. The van der Waals surface area contributed by atoms with Crippen molar-refractivity contribution in [3.05, 3.63) is 32.8 Å². The van der Waals surface area contributed by atoms with Gasteiger partial charge in [0.25, 0.3) is 0 Å². The van der Waals surface area contributed by atoms with Crippen LogP contribution in [0.3, 0.4) is 0 Å². The Balaban J connectivity index is 2.86. The van der Waals surface area contributed by atoms with Gasteiger partial charge in [0.05, 0.1) is 5.92 Å². The van der Waals surface area contributed by atoms with Crippen molar-refractivity contribution in [2.45, 2.75) is 26.2 Å². The number of aliphatic carboxylic acids is 1. The third-order valence-corrected chi connectivity index (χ3v) is 4.32. The molecule has 0 heterocycles. The van der Waals surface area contributed by atoms with Gasteiger partial charge in [0, 0.05) is 21.6 Å². The minimum Gasteiger partial charge on any atom is -0.481 e. The fourth-order valence-corrected chi connectivity index (χ4v) is 3.12. The van der Waals surface area contributed by atoms with Gasteiger partial charge in [-0.3, -0.25) is 4.79 Å². The minimum absolute atomic E-state index is 0.133. The molecule has 0 bridgehead atoms. The fourth-order valence-electron chi connectivity index (χ4n) is 2.15. The maximum Gasteiger partial charge on any atom is 0.307 e. The molecule has 0 amide bonds. The lowest BCUT2D eigenvalue weighted by atomic mass is 9.87. The van der Waals surface area contributed by atoms with E-state index in [1.807, 2.05) is 6.92 Å². The molecule has 0 aliphatic heterocycles. The Labute approximate surface area is 134 Å². The molecule has 2 unspecified atom stereocenters. The Morgan fingerprint density at radius 1 is 1.30 bits per heavy atom. The quantitative estimate of drug-likeness (QED) is 0.780. The molecule has 0 aliphatic carbocycles. The molecule has 0 spiro atoms. The van der Waals surface area contributed by atoms with Gasteiger partial charge in [0.15, 0.2) is 0 Å². The van der Waals surface area contributed by atoms with E-state index in [0.29, 0.717) is 27.9 Å². The second-order valence-corrected chi connectivity index (χ2v) is 6.08. The van der Waals surface area contributed by atoms with Crippen molar-refractivity contribution in [1.82, 2.24) is 0 Å². The Kier molecular flexibility index (Phi) is 7.10. The molecule has 0 aromatic heterocycles. The van der Waals surface area contributed by atoms with Crippen LogP contribution in [0, 0.1) is 11.8 Å². The molecular formula is C14H18Cl3NO2. The Morgan fingerprint density at radius 2 is 1.85 bits per heavy atom. The summed E-state index contributed by atoms with van der Waals surface area (Å²) in [6.07, 6.45) is 1.96. The van der Waals surface area contributed by atoms with E-state index < -0.39 is 11.9 Å². The molecule has 3 N–H and O–H groups in total. The number of carboxylic acid groups (broad SMARTS) is 1. The topological polar surface area (TPSA) is 63.3 Å². The first-order chi connectivity index (χ1) is 9.38. The van der Waals surface area contributed by atoms with E-state index in [1.165, 1.54) is 0 Å². The molecule has 1 rings (SSSR count). The number of nitrogens with two attached hydrogens (primary N) is 1. The molecule has 0 saturated carbocycles. The van der Waals surface area contributed by atoms with Crippen molar-refractivity contribution >= 4 is 40.8 Å². The number of halogens is 3. The molecule has 20 heavy (non-hydrogen) atoms. The van der Waals surface area contributed by atoms with Crippen LogP contribution in [0.2, 0.25) is 15.1 Å². The third kappa shape index (κ3) is 4.81. The van der Waals surface area contributed by atoms with Crippen LogP contribution in [0.25, 0.3) is 0 Å². The maximum atomic E-state index is 11.1. The van der Waals surface area contributed by atoms with Gasteiger partial charge in [0.2, 0.25) is 0 Å². The van der Waals surface area contributed by atoms with Gasteiger partial charge < -0.3 is 10.8 Å². The fraction of sp³-hybridized carbons (Fsp3) is 0.500. The van der Waals surface area contributed by atoms with Gasteiger partial charge in [0.1, 0.15) is 0 Å². The van der Waals surface area contributed by atoms with Crippen molar-refractivity contribution in [1.29, 1.82) is 0 Å². The maximum absolute atomic E-state index is 11.1. The highest BCUT2D eigenvalue weighted by atomic mass is 35.5. The molecule has 0 fully saturated rings. The highest BCUT2D eigenvalue weighted by Crippen LogP contribution is 2.32. The zero-order chi connectivity index (χ0) is 15.3. The highest BCUT2D eigenvalue weighted by molar-refractivity contribution is 6.39. The van der Waals surface area contributed by atoms with Crippen LogP contribution >= 0.6 is 34.8 Å². The lowest BCUT2D eigenvalue weighted by Crippen LogP contribution is -2.26. The lowest BCUT2D eigenvalue weighted by molar-refractivity contribution is -0.142. The predicted molar refractivity (Wildman–Crippen MR) is 83.8 cm³/mol. The summed E-state index contributed by atoms with van der Waals surface area (Å²) >= 11 is 18.2. The Bertz CT molecular complexity index is 456. The Hall–Kier alpha value is -0.480. The molecule has 0 saturated heterocycles. The van der Waals surface area contributed by atoms with Crippen molar-refractivity contribution in [2.75, 3.05) is 6.54 Å². The van der Waals surface area contributed by atoms with E-state index in [9.17, 15) is 4.79 Å². The van der Waals surface area contributed by atoms with Crippen LogP contribution in [0.15, 0.2) is 12.1 Å². The van der Waals surface area contributed by atoms with Gasteiger partial charge >= 0.3 is 5.97 Å². The molecule has 1 aromatic rings. The lowest BCUT2D eigenvalue weighted by Gasteiger charge is -2.20. The van der Waals surface area contributed by atoms with Gasteiger partial charge in [-0.05, 0) is 36.5 Å². The monoisotopic (exact) mass is 337 g/mol. The van der Waals surface area contributed by atoms with Gasteiger partial charge in [-0.1, -0.05) is 48.1 Å². The largest absolute Gasteiger partial charge is 0.481 e. The number of hydrogen-bond acceptors (Lipinski definition) is 2. The minimum atomic E-state index is -0.862. The number of rotatable bonds is 7. The van der Waals surface area contributed by atoms with Crippen LogP contribution in [0.4, 0.5) is 0 Å². The average molecular weight is 339 g/mol. The van der Waals surface area contributed by atoms with Crippen molar-refractivity contribution in [2.24, 2.45) is 17.6 Å². The Morgan fingerprint density at radius 3 is 2.25 bits per heavy atom. The van der Waals surface area contributed by atoms with Crippen molar-refractivity contribution in [3.63, 3.8) is 0 Å². The summed E-state index contributed by atoms with van der Waals surface area (Å²) < 4.78 is 0. The van der Waals surface area contributed by atoms with Crippen LogP contribution in [0.5, 0.6) is 0 Å². The molecule has 2 atom stereocenters. The SMILES string of the molecule is CCC(Cc1c(Cl)cc(Cl)cc1Cl)CC(CN)C(=O)O. The second kappa shape index (κ2) is 8.08. The zero-order valence-electron chi connectivity index (χ0n) is 11.2. The van der Waals surface area contributed by atoms with E-state index in [2.05, 4.69) is 0 Å². The van der Waals surface area contributed by atoms with Crippen LogP contribution < -0.4 is 5.73 Å². The van der Waals surface area contributed by atoms with Crippen LogP contribution in [0.1, 0.15) is 25.3 Å². The first-order valence-electron chi connectivity index (χ1n) is 6.45. The summed E-state index contributed by atoms with van der Waals surface area (Å²) in [5, 5.41) is 10.6. The molecule has 0 radical (unpaired) electrons. The molecule has 3 nitrogen and oxygen atoms in total. The van der Waals surface area contributed by atoms with Gasteiger partial charge in [-0.15, -0.1) is 0 Å². The summed E-state index contributed by atoms with van der Waals surface area (Å²) in [4.78, 5) is 11.1. The second-order valence-electron chi connectivity index (χ2n) is 4.83. The molecule has 1 aromatic carbocycles. The summed E-state index contributed by atoms with van der Waals surface area (Å²) in [5.74, 6) is -1.24. The average Bonchev–Trinajstić information content (AvgIpc) is 2.36. The standard InChI is InChI=1S/C14H18Cl3NO2/c1-2-8(3-9(7-18)14(19)20)4-11-12(16)5-10(15)6-13(11)17/h5-6,8-9H,2-4,7,18H2,1H3,(H,19,20). The van der Waals surface area contributed by atoms with Crippen molar-refractivity contribution < 1.29 is 9.90 Å². The summed E-state index contributed by atoms with van der Waals surface area (Å²) in [7, 11) is 0. The molecular weight excluding hydrogens is 321 g/mol. The van der Waals surface area contributed by atoms with E-state index in [4.69, 9.17) is 45.6 Å². The van der Waals surface area contributed by atoms with Gasteiger partial charge in [-0.2, -0.15) is 0 Å². The van der Waals surface area contributed by atoms with Gasteiger partial charge in [-0.25, -0.2) is 0 Å². The van der Waals surface area contributed by atoms with E-state index in [1.54, 1.807) is 12.1 Å². The predicted octanol–water partition coefficient (Wildman–Crippen LogP) is 4.27. The highest BCUT2D eigenvalue weighted by Gasteiger charge is 2.22. The molecule has 0 aliphatic rings. The smallest absolute Gasteiger partial charge is 0.307 e. The first-order valence-corrected chi connectivity index (χ1v) is 7.58. The number of benzene rings is 1. The third-order valence-electron chi connectivity index (χ3n) is 3.43. The summed E-state index contributed by atoms with van der Waals surface area (Å²) in [5.41, 5.74) is 6.31. The van der Waals surface area contributed by atoms with Crippen LogP contribution in [-0.2, 0) is 11.2 Å².